The molecule has 0 aliphatic rings. The lowest BCUT2D eigenvalue weighted by Crippen LogP contribution is -2.13. The number of nitrogen functional groups attached to an aromatic ring is 1. The van der Waals surface area contributed by atoms with Crippen molar-refractivity contribution in [2.75, 3.05) is 11.1 Å². The Morgan fingerprint density at radius 1 is 1.20 bits per heavy atom. The molecule has 0 saturated heterocycles. The summed E-state index contributed by atoms with van der Waals surface area (Å²) in [6, 6.07) is 4.94. The van der Waals surface area contributed by atoms with Crippen LogP contribution in [0.25, 0.3) is 10.9 Å². The van der Waals surface area contributed by atoms with Gasteiger partial charge in [-0.15, -0.1) is 0 Å². The second-order valence-corrected chi connectivity index (χ2v) is 3.81. The van der Waals surface area contributed by atoms with Crippen molar-refractivity contribution in [1.29, 1.82) is 0 Å². The Morgan fingerprint density at radius 2 is 1.90 bits per heavy atom. The number of anilines is 2. The topological polar surface area (TPSA) is 138 Å². The number of hydrogen-bond donors (Lipinski definition) is 4. The van der Waals surface area contributed by atoms with Crippen molar-refractivity contribution in [2.45, 2.75) is 0 Å². The summed E-state index contributed by atoms with van der Waals surface area (Å²) < 4.78 is 0. The van der Waals surface area contributed by atoms with Crippen molar-refractivity contribution in [3.05, 3.63) is 36.3 Å². The normalized spacial score (nSPS) is 10.0. The van der Waals surface area contributed by atoms with E-state index in [0.29, 0.717) is 16.6 Å². The van der Waals surface area contributed by atoms with Gasteiger partial charge in [0.1, 0.15) is 12.1 Å². The summed E-state index contributed by atoms with van der Waals surface area (Å²) in [4.78, 5) is 29.4. The molecule has 0 unspecified atom stereocenters. The predicted molar refractivity (Wildman–Crippen MR) is 70.9 cm³/mol. The molecule has 0 saturated carbocycles. The number of fused-ring (bicyclic) bond motifs is 1. The number of carboxylic acids is 2. The number of nitrogens with one attached hydrogen (secondary N) is 1. The average Bonchev–Trinajstić information content (AvgIpc) is 2.38. The van der Waals surface area contributed by atoms with Gasteiger partial charge in [-0.25, -0.2) is 19.6 Å². The maximum atomic E-state index is 10.7. The van der Waals surface area contributed by atoms with Gasteiger partial charge in [0.2, 0.25) is 0 Å². The van der Waals surface area contributed by atoms with Crippen molar-refractivity contribution >= 4 is 34.3 Å². The molecule has 2 rings (SSSR count). The van der Waals surface area contributed by atoms with Gasteiger partial charge in [0, 0.05) is 17.3 Å². The first-order valence-corrected chi connectivity index (χ1v) is 5.42. The number of nitrogens with zero attached hydrogens (tertiary/aromatic N) is 2. The van der Waals surface area contributed by atoms with Gasteiger partial charge >= 0.3 is 11.9 Å². The molecular formula is C12H10N4O4. The van der Waals surface area contributed by atoms with E-state index >= 15 is 0 Å². The van der Waals surface area contributed by atoms with Crippen LogP contribution < -0.4 is 11.1 Å². The minimum absolute atomic E-state index is 0.266. The summed E-state index contributed by atoms with van der Waals surface area (Å²) in [6.45, 7) is 0. The predicted octanol–water partition coefficient (Wildman–Crippen LogP) is 0.677. The summed E-state index contributed by atoms with van der Waals surface area (Å²) in [6.07, 6.45) is 2.13. The fraction of sp³-hybridized carbons (Fsp3) is 0. The number of carboxylic acid groups (broad SMARTS) is 2. The maximum absolute atomic E-state index is 10.7. The molecule has 8 heteroatoms. The van der Waals surface area contributed by atoms with Crippen molar-refractivity contribution in [2.24, 2.45) is 0 Å². The first kappa shape index (κ1) is 13.3. The van der Waals surface area contributed by atoms with Crippen LogP contribution in [0, 0.1) is 0 Å². The standard InChI is InChI=1S/C12H10N4O4/c13-6-1-2-9-7(3-6)10(16-5-15-9)14-4-8(11(17)18)12(19)20/h1-5H,13H2,(H,17,18)(H,19,20)(H,14,15,16). The van der Waals surface area contributed by atoms with E-state index in [0.717, 1.165) is 6.20 Å². The van der Waals surface area contributed by atoms with Crippen LogP contribution in [-0.2, 0) is 9.59 Å². The Kier molecular flexibility index (Phi) is 3.47. The fourth-order valence-corrected chi connectivity index (χ4v) is 1.54. The van der Waals surface area contributed by atoms with Gasteiger partial charge in [-0.05, 0) is 18.2 Å². The third-order valence-corrected chi connectivity index (χ3v) is 2.47. The second-order valence-electron chi connectivity index (χ2n) is 3.81. The highest BCUT2D eigenvalue weighted by Crippen LogP contribution is 2.21. The highest BCUT2D eigenvalue weighted by Gasteiger charge is 2.16. The lowest BCUT2D eigenvalue weighted by molar-refractivity contribution is -0.140. The Bertz CT molecular complexity index is 710. The summed E-state index contributed by atoms with van der Waals surface area (Å²) in [5, 5.41) is 20.6. The largest absolute Gasteiger partial charge is 0.477 e. The molecule has 0 bridgehead atoms. The van der Waals surface area contributed by atoms with E-state index in [1.807, 2.05) is 0 Å². The van der Waals surface area contributed by atoms with Gasteiger partial charge in [0.25, 0.3) is 0 Å². The third-order valence-electron chi connectivity index (χ3n) is 2.47. The average molecular weight is 274 g/mol. The summed E-state index contributed by atoms with van der Waals surface area (Å²) in [7, 11) is 0. The van der Waals surface area contributed by atoms with Gasteiger partial charge < -0.3 is 21.3 Å². The van der Waals surface area contributed by atoms with Crippen LogP contribution in [0.3, 0.4) is 0 Å². The lowest BCUT2D eigenvalue weighted by Gasteiger charge is -2.05. The lowest BCUT2D eigenvalue weighted by atomic mass is 10.2. The van der Waals surface area contributed by atoms with Crippen molar-refractivity contribution in [1.82, 2.24) is 9.97 Å². The van der Waals surface area contributed by atoms with E-state index in [1.54, 1.807) is 18.2 Å². The van der Waals surface area contributed by atoms with E-state index in [2.05, 4.69) is 15.3 Å². The van der Waals surface area contributed by atoms with Gasteiger partial charge in [-0.2, -0.15) is 0 Å². The number of rotatable bonds is 4. The SMILES string of the molecule is Nc1ccc2ncnc(NC=C(C(=O)O)C(=O)O)c2c1. The van der Waals surface area contributed by atoms with Crippen LogP contribution >= 0.6 is 0 Å². The Morgan fingerprint density at radius 3 is 2.55 bits per heavy atom. The Hall–Kier alpha value is -3.16. The van der Waals surface area contributed by atoms with Crippen LogP contribution in [0.5, 0.6) is 0 Å². The van der Waals surface area contributed by atoms with E-state index in [-0.39, 0.29) is 5.82 Å². The highest BCUT2D eigenvalue weighted by molar-refractivity contribution is 6.12. The number of benzene rings is 1. The molecule has 20 heavy (non-hydrogen) atoms. The number of aliphatic carboxylic acids is 2. The number of carbonyl (C=O) groups is 2. The Balaban J connectivity index is 2.44. The zero-order valence-electron chi connectivity index (χ0n) is 10.1. The van der Waals surface area contributed by atoms with Crippen molar-refractivity contribution in [3.8, 4) is 0 Å². The van der Waals surface area contributed by atoms with Crippen LogP contribution in [-0.4, -0.2) is 32.1 Å². The molecule has 0 aliphatic carbocycles. The summed E-state index contributed by atoms with van der Waals surface area (Å²) >= 11 is 0. The maximum Gasteiger partial charge on any atom is 0.344 e. The van der Waals surface area contributed by atoms with Crippen LogP contribution in [0.15, 0.2) is 36.3 Å². The zero-order valence-corrected chi connectivity index (χ0v) is 10.1. The molecule has 0 aliphatic heterocycles. The molecule has 0 spiro atoms. The van der Waals surface area contributed by atoms with Crippen molar-refractivity contribution in [3.63, 3.8) is 0 Å². The molecule has 0 radical (unpaired) electrons. The van der Waals surface area contributed by atoms with Gasteiger partial charge in [-0.1, -0.05) is 0 Å². The summed E-state index contributed by atoms with van der Waals surface area (Å²) in [5.41, 5.74) is 5.93. The molecule has 0 amide bonds. The molecule has 5 N–H and O–H groups in total. The minimum Gasteiger partial charge on any atom is -0.477 e. The molecule has 2 aromatic rings. The van der Waals surface area contributed by atoms with E-state index in [9.17, 15) is 9.59 Å². The van der Waals surface area contributed by atoms with E-state index in [4.69, 9.17) is 15.9 Å². The quantitative estimate of drug-likeness (QED) is 0.276. The first-order valence-electron chi connectivity index (χ1n) is 5.42. The Labute approximate surface area is 112 Å². The van der Waals surface area contributed by atoms with Crippen molar-refractivity contribution < 1.29 is 19.8 Å². The van der Waals surface area contributed by atoms with Crippen LogP contribution in [0.2, 0.25) is 0 Å². The van der Waals surface area contributed by atoms with Gasteiger partial charge in [0.15, 0.2) is 5.57 Å². The third kappa shape index (κ3) is 2.64. The molecule has 0 fully saturated rings. The molecule has 1 aromatic heterocycles. The van der Waals surface area contributed by atoms with Crippen LogP contribution in [0.1, 0.15) is 0 Å². The van der Waals surface area contributed by atoms with Gasteiger partial charge in [-0.3, -0.25) is 0 Å². The summed E-state index contributed by atoms with van der Waals surface area (Å²) in [5.74, 6) is -2.84. The fourth-order valence-electron chi connectivity index (χ4n) is 1.54. The number of hydrogen-bond acceptors (Lipinski definition) is 6. The number of nitrogens with two attached hydrogens (primary N) is 1. The highest BCUT2D eigenvalue weighted by atomic mass is 16.4. The minimum atomic E-state index is -1.55. The first-order chi connectivity index (χ1) is 9.49. The zero-order chi connectivity index (χ0) is 14.7. The van der Waals surface area contributed by atoms with Crippen LogP contribution in [0.4, 0.5) is 11.5 Å². The monoisotopic (exact) mass is 274 g/mol. The number of aromatic nitrogens is 2. The molecular weight excluding hydrogens is 264 g/mol. The molecule has 102 valence electrons. The second kappa shape index (κ2) is 5.22. The molecule has 1 aromatic carbocycles. The molecule has 8 nitrogen and oxygen atoms in total. The van der Waals surface area contributed by atoms with E-state index in [1.165, 1.54) is 6.33 Å². The van der Waals surface area contributed by atoms with E-state index < -0.39 is 17.5 Å². The molecule has 0 atom stereocenters. The van der Waals surface area contributed by atoms with Gasteiger partial charge in [0.05, 0.1) is 5.52 Å². The molecule has 1 heterocycles. The smallest absolute Gasteiger partial charge is 0.344 e.